The van der Waals surface area contributed by atoms with E-state index in [0.717, 1.165) is 11.3 Å². The topological polar surface area (TPSA) is 209 Å². The van der Waals surface area contributed by atoms with Crippen LogP contribution in [-0.4, -0.2) is 80.6 Å². The summed E-state index contributed by atoms with van der Waals surface area (Å²) < 4.78 is 43.6. The minimum absolute atomic E-state index is 0.0414. The van der Waals surface area contributed by atoms with Crippen molar-refractivity contribution < 1.29 is 42.2 Å². The van der Waals surface area contributed by atoms with Crippen LogP contribution in [0.3, 0.4) is 0 Å². The maximum atomic E-state index is 12.9. The van der Waals surface area contributed by atoms with Crippen LogP contribution in [0.4, 0.5) is 30.8 Å². The number of anilines is 3. The molecule has 1 aliphatic carbocycles. The van der Waals surface area contributed by atoms with Crippen molar-refractivity contribution in [1.29, 1.82) is 0 Å². The standard InChI is InChI=1S/C34H33ClF3N9O6/c35-22-8-6-21(7-9-22)33(14-15-33)47-31-44-30(45-32(46-31)53-19-34(36,37)38)42-24-10-4-20(5-11-24)26(48)43-25(29(51)52)13-18-41-28(50)27(49)40-17-12-23-3-1-2-16-39-23/h1-11,16,25H,12-15,17-19H2,(H,40,49)(H,41,50)(H,43,48)(H,51,52)(H2,42,44,45,46,47)/t25-/m0/s1. The maximum absolute atomic E-state index is 12.9. The van der Waals surface area contributed by atoms with Crippen LogP contribution in [0.1, 0.15) is 40.9 Å². The Morgan fingerprint density at radius 3 is 2.19 bits per heavy atom. The van der Waals surface area contributed by atoms with Gasteiger partial charge in [0, 0.05) is 47.7 Å². The SMILES string of the molecule is O=C(NCCc1ccccn1)C(=O)NCC[C@H](NC(=O)c1ccc(Nc2nc(NC3(c4ccc(Cl)cc4)CC3)nc(OCC(F)(F)F)n2)cc1)C(=O)O. The van der Waals surface area contributed by atoms with E-state index >= 15 is 0 Å². The maximum Gasteiger partial charge on any atom is 0.422 e. The van der Waals surface area contributed by atoms with Gasteiger partial charge >= 0.3 is 30.0 Å². The number of alkyl halides is 3. The van der Waals surface area contributed by atoms with Crippen LogP contribution in [0.2, 0.25) is 5.02 Å². The fourth-order valence-corrected chi connectivity index (χ4v) is 5.07. The summed E-state index contributed by atoms with van der Waals surface area (Å²) in [5.41, 5.74) is 1.45. The third kappa shape index (κ3) is 11.5. The summed E-state index contributed by atoms with van der Waals surface area (Å²) in [7, 11) is 0. The number of rotatable bonds is 16. The number of nitrogens with zero attached hydrogens (tertiary/aromatic N) is 4. The number of carboxylic acid groups (broad SMARTS) is 1. The van der Waals surface area contributed by atoms with Gasteiger partial charge in [0.2, 0.25) is 11.9 Å². The van der Waals surface area contributed by atoms with Crippen molar-refractivity contribution in [2.24, 2.45) is 0 Å². The van der Waals surface area contributed by atoms with Gasteiger partial charge in [-0.05, 0) is 73.4 Å². The molecule has 3 amide bonds. The Morgan fingerprint density at radius 1 is 0.887 bits per heavy atom. The number of pyridine rings is 1. The van der Waals surface area contributed by atoms with Gasteiger partial charge in [0.25, 0.3) is 5.91 Å². The Hall–Kier alpha value is -6.04. The van der Waals surface area contributed by atoms with Gasteiger partial charge in [-0.25, -0.2) is 4.79 Å². The van der Waals surface area contributed by atoms with Crippen LogP contribution in [-0.2, 0) is 26.3 Å². The van der Waals surface area contributed by atoms with Crippen LogP contribution in [0.15, 0.2) is 72.9 Å². The number of carboxylic acids is 1. The van der Waals surface area contributed by atoms with Crippen LogP contribution in [0, 0.1) is 0 Å². The fraction of sp³-hybridized carbons (Fsp3) is 0.294. The molecule has 6 N–H and O–H groups in total. The Kier molecular flexibility index (Phi) is 12.2. The van der Waals surface area contributed by atoms with Gasteiger partial charge in [-0.15, -0.1) is 0 Å². The molecule has 5 rings (SSSR count). The number of hydrogen-bond acceptors (Lipinski definition) is 11. The molecule has 0 bridgehead atoms. The molecule has 4 aromatic rings. The zero-order valence-electron chi connectivity index (χ0n) is 27.7. The van der Waals surface area contributed by atoms with Gasteiger partial charge in [-0.3, -0.25) is 19.4 Å². The van der Waals surface area contributed by atoms with E-state index < -0.39 is 54.1 Å². The molecule has 2 aromatic carbocycles. The summed E-state index contributed by atoms with van der Waals surface area (Å²) >= 11 is 6.01. The second-order valence-corrected chi connectivity index (χ2v) is 12.3. The van der Waals surface area contributed by atoms with E-state index in [1.54, 1.807) is 36.5 Å². The molecular formula is C34H33ClF3N9O6. The third-order valence-electron chi connectivity index (χ3n) is 7.80. The van der Waals surface area contributed by atoms with E-state index in [-0.39, 0.29) is 37.0 Å². The number of hydrogen-bond donors (Lipinski definition) is 6. The van der Waals surface area contributed by atoms with Crippen molar-refractivity contribution in [2.75, 3.05) is 30.3 Å². The lowest BCUT2D eigenvalue weighted by Gasteiger charge is -2.19. The fourth-order valence-electron chi connectivity index (χ4n) is 4.95. The highest BCUT2D eigenvalue weighted by molar-refractivity contribution is 6.35. The molecule has 15 nitrogen and oxygen atoms in total. The number of carbonyl (C=O) groups is 4. The highest BCUT2D eigenvalue weighted by Gasteiger charge is 2.45. The first-order valence-corrected chi connectivity index (χ1v) is 16.5. The van der Waals surface area contributed by atoms with Crippen LogP contribution < -0.4 is 31.3 Å². The zero-order chi connectivity index (χ0) is 38.0. The lowest BCUT2D eigenvalue weighted by atomic mass is 10.1. The first-order valence-electron chi connectivity index (χ1n) is 16.2. The molecule has 1 saturated carbocycles. The molecule has 1 aliphatic rings. The number of ether oxygens (including phenoxy) is 1. The smallest absolute Gasteiger partial charge is 0.422 e. The Bertz CT molecular complexity index is 1920. The molecule has 2 heterocycles. The summed E-state index contributed by atoms with van der Waals surface area (Å²) in [5, 5.41) is 23.3. The van der Waals surface area contributed by atoms with Gasteiger partial charge in [-0.1, -0.05) is 29.8 Å². The number of aliphatic carboxylic acids is 1. The van der Waals surface area contributed by atoms with Crippen LogP contribution >= 0.6 is 11.6 Å². The van der Waals surface area contributed by atoms with E-state index in [4.69, 9.17) is 16.3 Å². The molecule has 2 aromatic heterocycles. The van der Waals surface area contributed by atoms with Gasteiger partial charge in [0.05, 0.1) is 5.54 Å². The summed E-state index contributed by atoms with van der Waals surface area (Å²) in [6, 6.07) is 16.1. The number of carbonyl (C=O) groups excluding carboxylic acids is 3. The first-order chi connectivity index (χ1) is 25.3. The minimum Gasteiger partial charge on any atom is -0.480 e. The predicted molar refractivity (Wildman–Crippen MR) is 185 cm³/mol. The molecule has 19 heteroatoms. The van der Waals surface area contributed by atoms with Gasteiger partial charge < -0.3 is 36.4 Å². The quantitative estimate of drug-likeness (QED) is 0.0904. The minimum atomic E-state index is -4.64. The second-order valence-electron chi connectivity index (χ2n) is 11.8. The Morgan fingerprint density at radius 2 is 1.57 bits per heavy atom. The summed E-state index contributed by atoms with van der Waals surface area (Å²) in [5.74, 6) is -4.16. The van der Waals surface area contributed by atoms with Gasteiger partial charge in [-0.2, -0.15) is 28.1 Å². The molecule has 0 saturated heterocycles. The van der Waals surface area contributed by atoms with Gasteiger partial charge in [0.15, 0.2) is 6.61 Å². The average molecular weight is 756 g/mol. The largest absolute Gasteiger partial charge is 0.480 e. The lowest BCUT2D eigenvalue weighted by molar-refractivity contribution is -0.154. The van der Waals surface area contributed by atoms with E-state index in [1.165, 1.54) is 24.3 Å². The number of aromatic nitrogens is 4. The molecule has 53 heavy (non-hydrogen) atoms. The normalized spacial score (nSPS) is 13.6. The van der Waals surface area contributed by atoms with E-state index in [0.29, 0.717) is 30.0 Å². The van der Waals surface area contributed by atoms with Crippen molar-refractivity contribution in [3.63, 3.8) is 0 Å². The van der Waals surface area contributed by atoms with Crippen LogP contribution in [0.5, 0.6) is 6.01 Å². The average Bonchev–Trinajstić information content (AvgIpc) is 3.91. The Balaban J connectivity index is 1.16. The van der Waals surface area contributed by atoms with E-state index in [1.807, 2.05) is 12.1 Å². The van der Waals surface area contributed by atoms with E-state index in [9.17, 15) is 37.5 Å². The molecule has 0 spiro atoms. The van der Waals surface area contributed by atoms with Gasteiger partial charge in [0.1, 0.15) is 6.04 Å². The molecule has 1 atom stereocenters. The number of benzene rings is 2. The predicted octanol–water partition coefficient (Wildman–Crippen LogP) is 3.75. The van der Waals surface area contributed by atoms with E-state index in [2.05, 4.69) is 46.5 Å². The molecule has 0 aliphatic heterocycles. The number of nitrogens with one attached hydrogen (secondary N) is 5. The number of halogens is 4. The van der Waals surface area contributed by atoms with Crippen molar-refractivity contribution in [2.45, 2.75) is 43.4 Å². The third-order valence-corrected chi connectivity index (χ3v) is 8.05. The number of amides is 3. The van der Waals surface area contributed by atoms with Crippen molar-refractivity contribution in [3.8, 4) is 6.01 Å². The lowest BCUT2D eigenvalue weighted by Crippen LogP contribution is -2.45. The van der Waals surface area contributed by atoms with Crippen molar-refractivity contribution in [3.05, 3.63) is 94.8 Å². The van der Waals surface area contributed by atoms with Crippen LogP contribution in [0.25, 0.3) is 0 Å². The highest BCUT2D eigenvalue weighted by Crippen LogP contribution is 2.48. The zero-order valence-corrected chi connectivity index (χ0v) is 28.5. The van der Waals surface area contributed by atoms with Crippen molar-refractivity contribution >= 4 is 52.9 Å². The van der Waals surface area contributed by atoms with Crippen molar-refractivity contribution in [1.82, 2.24) is 35.9 Å². The molecule has 278 valence electrons. The monoisotopic (exact) mass is 755 g/mol. The molecule has 0 unspecified atom stereocenters. The highest BCUT2D eigenvalue weighted by atomic mass is 35.5. The summed E-state index contributed by atoms with van der Waals surface area (Å²) in [6.45, 7) is -1.68. The Labute approximate surface area is 305 Å². The second kappa shape index (κ2) is 17.0. The molecule has 1 fully saturated rings. The first kappa shape index (κ1) is 38.2. The summed E-state index contributed by atoms with van der Waals surface area (Å²) in [6.07, 6.45) is -1.44. The molecule has 0 radical (unpaired) electrons. The summed E-state index contributed by atoms with van der Waals surface area (Å²) in [4.78, 5) is 65.3. The molecular weight excluding hydrogens is 723 g/mol.